The normalized spacial score (nSPS) is 13.8. The van der Waals surface area contributed by atoms with Gasteiger partial charge in [-0.05, 0) is 36.1 Å². The van der Waals surface area contributed by atoms with Crippen LogP contribution < -0.4 is 9.47 Å². The number of hydrogen-bond donors (Lipinski definition) is 0. The Bertz CT molecular complexity index is 329. The lowest BCUT2D eigenvalue weighted by Gasteiger charge is -2.10. The van der Waals surface area contributed by atoms with E-state index in [1.165, 1.54) is 11.1 Å². The molecule has 0 N–H and O–H groups in total. The molecule has 2 nitrogen and oxygen atoms in total. The van der Waals surface area contributed by atoms with Crippen LogP contribution in [0, 0.1) is 6.92 Å². The van der Waals surface area contributed by atoms with E-state index in [0.29, 0.717) is 12.7 Å². The summed E-state index contributed by atoms with van der Waals surface area (Å²) in [6.45, 7) is 6.84. The Balaban J connectivity index is 2.49. The van der Waals surface area contributed by atoms with Gasteiger partial charge in [0, 0.05) is 0 Å². The van der Waals surface area contributed by atoms with E-state index in [1.807, 2.05) is 0 Å². The Morgan fingerprint density at radius 3 is 2.38 bits per heavy atom. The van der Waals surface area contributed by atoms with E-state index in [9.17, 15) is 0 Å². The molecule has 0 unspecified atom stereocenters. The van der Waals surface area contributed by atoms with Crippen LogP contribution >= 0.6 is 0 Å². The predicted molar refractivity (Wildman–Crippen MR) is 51.4 cm³/mol. The molecule has 0 radical (unpaired) electrons. The lowest BCUT2D eigenvalue weighted by molar-refractivity contribution is 0.174. The lowest BCUT2D eigenvalue weighted by Crippen LogP contribution is -1.93. The summed E-state index contributed by atoms with van der Waals surface area (Å²) in [5.74, 6) is 2.30. The molecule has 1 aromatic rings. The van der Waals surface area contributed by atoms with Crippen LogP contribution in [0.5, 0.6) is 11.5 Å². The summed E-state index contributed by atoms with van der Waals surface area (Å²) in [7, 11) is 0. The number of hydrogen-bond acceptors (Lipinski definition) is 2. The van der Waals surface area contributed by atoms with Crippen LogP contribution in [0.25, 0.3) is 0 Å². The van der Waals surface area contributed by atoms with E-state index in [4.69, 9.17) is 9.47 Å². The highest BCUT2D eigenvalue weighted by atomic mass is 16.7. The van der Waals surface area contributed by atoms with Crippen molar-refractivity contribution in [1.82, 2.24) is 0 Å². The fraction of sp³-hybridized carbons (Fsp3) is 0.455. The molecule has 1 aliphatic heterocycles. The summed E-state index contributed by atoms with van der Waals surface area (Å²) in [6, 6.07) is 4.14. The first-order valence-corrected chi connectivity index (χ1v) is 4.58. The van der Waals surface area contributed by atoms with E-state index < -0.39 is 0 Å². The van der Waals surface area contributed by atoms with Gasteiger partial charge in [-0.15, -0.1) is 0 Å². The molecule has 1 aliphatic rings. The maximum atomic E-state index is 5.32. The van der Waals surface area contributed by atoms with Crippen LogP contribution in [0.3, 0.4) is 0 Å². The minimum Gasteiger partial charge on any atom is -0.454 e. The number of aryl methyl sites for hydroxylation is 1. The van der Waals surface area contributed by atoms with Gasteiger partial charge in [0.25, 0.3) is 0 Å². The van der Waals surface area contributed by atoms with Gasteiger partial charge in [0.15, 0.2) is 11.5 Å². The molecular formula is C11H14O2. The molecule has 0 atom stereocenters. The minimum absolute atomic E-state index is 0.357. The van der Waals surface area contributed by atoms with Gasteiger partial charge < -0.3 is 9.47 Å². The van der Waals surface area contributed by atoms with E-state index >= 15 is 0 Å². The average molecular weight is 178 g/mol. The summed E-state index contributed by atoms with van der Waals surface area (Å²) in [5.41, 5.74) is 2.61. The van der Waals surface area contributed by atoms with Gasteiger partial charge in [-0.25, -0.2) is 0 Å². The zero-order valence-corrected chi connectivity index (χ0v) is 8.26. The summed E-state index contributed by atoms with van der Waals surface area (Å²) in [5, 5.41) is 0. The standard InChI is InChI=1S/C11H14O2/c1-7(2)9-5-11-10(4-8(9)3)12-6-13-11/h4-5,7H,6H2,1-3H3. The molecular weight excluding hydrogens is 164 g/mol. The molecule has 0 spiro atoms. The zero-order valence-electron chi connectivity index (χ0n) is 8.26. The van der Waals surface area contributed by atoms with Gasteiger partial charge >= 0.3 is 0 Å². The molecule has 0 amide bonds. The second-order valence-corrected chi connectivity index (χ2v) is 3.72. The second kappa shape index (κ2) is 2.95. The van der Waals surface area contributed by atoms with Crippen molar-refractivity contribution in [3.05, 3.63) is 23.3 Å². The molecule has 0 saturated heterocycles. The van der Waals surface area contributed by atoms with Crippen LogP contribution in [-0.2, 0) is 0 Å². The van der Waals surface area contributed by atoms with Crippen molar-refractivity contribution in [2.75, 3.05) is 6.79 Å². The molecule has 2 heteroatoms. The lowest BCUT2D eigenvalue weighted by atomic mass is 9.97. The van der Waals surface area contributed by atoms with Crippen molar-refractivity contribution in [2.24, 2.45) is 0 Å². The SMILES string of the molecule is Cc1cc2c(cc1C(C)C)OCO2. The van der Waals surface area contributed by atoms with Crippen molar-refractivity contribution < 1.29 is 9.47 Å². The average Bonchev–Trinajstić information content (AvgIpc) is 2.48. The highest BCUT2D eigenvalue weighted by Gasteiger charge is 2.16. The quantitative estimate of drug-likeness (QED) is 0.658. The summed E-state index contributed by atoms with van der Waals surface area (Å²) in [6.07, 6.45) is 0. The van der Waals surface area contributed by atoms with Crippen molar-refractivity contribution in [3.8, 4) is 11.5 Å². The molecule has 1 heterocycles. The largest absolute Gasteiger partial charge is 0.454 e. The molecule has 0 aliphatic carbocycles. The number of benzene rings is 1. The molecule has 1 aromatic carbocycles. The number of fused-ring (bicyclic) bond motifs is 1. The van der Waals surface area contributed by atoms with Crippen molar-refractivity contribution in [2.45, 2.75) is 26.7 Å². The highest BCUT2D eigenvalue weighted by Crippen LogP contribution is 2.36. The Kier molecular flexibility index (Phi) is 1.91. The molecule has 13 heavy (non-hydrogen) atoms. The minimum atomic E-state index is 0.357. The van der Waals surface area contributed by atoms with Crippen molar-refractivity contribution in [3.63, 3.8) is 0 Å². The van der Waals surface area contributed by atoms with Gasteiger partial charge in [-0.2, -0.15) is 0 Å². The first-order valence-electron chi connectivity index (χ1n) is 4.58. The Morgan fingerprint density at radius 1 is 1.15 bits per heavy atom. The Hall–Kier alpha value is -1.18. The van der Waals surface area contributed by atoms with Crippen LogP contribution in [0.4, 0.5) is 0 Å². The van der Waals surface area contributed by atoms with Gasteiger partial charge in [0.1, 0.15) is 0 Å². The monoisotopic (exact) mass is 178 g/mol. The molecule has 70 valence electrons. The van der Waals surface area contributed by atoms with Gasteiger partial charge in [0.05, 0.1) is 0 Å². The van der Waals surface area contributed by atoms with Crippen LogP contribution in [0.2, 0.25) is 0 Å². The molecule has 0 aromatic heterocycles. The predicted octanol–water partition coefficient (Wildman–Crippen LogP) is 2.85. The summed E-state index contributed by atoms with van der Waals surface area (Å²) >= 11 is 0. The molecule has 2 rings (SSSR count). The second-order valence-electron chi connectivity index (χ2n) is 3.72. The van der Waals surface area contributed by atoms with Crippen LogP contribution in [0.1, 0.15) is 30.9 Å². The Labute approximate surface area is 78.5 Å². The zero-order chi connectivity index (χ0) is 9.42. The molecule has 0 saturated carbocycles. The molecule has 0 bridgehead atoms. The van der Waals surface area contributed by atoms with E-state index in [0.717, 1.165) is 11.5 Å². The van der Waals surface area contributed by atoms with E-state index in [2.05, 4.69) is 32.9 Å². The van der Waals surface area contributed by atoms with Crippen LogP contribution in [-0.4, -0.2) is 6.79 Å². The number of ether oxygens (including phenoxy) is 2. The van der Waals surface area contributed by atoms with E-state index in [-0.39, 0.29) is 0 Å². The summed E-state index contributed by atoms with van der Waals surface area (Å²) in [4.78, 5) is 0. The smallest absolute Gasteiger partial charge is 0.231 e. The maximum Gasteiger partial charge on any atom is 0.231 e. The topological polar surface area (TPSA) is 18.5 Å². The Morgan fingerprint density at radius 2 is 1.77 bits per heavy atom. The van der Waals surface area contributed by atoms with Gasteiger partial charge in [0.2, 0.25) is 6.79 Å². The number of rotatable bonds is 1. The van der Waals surface area contributed by atoms with Gasteiger partial charge in [-0.3, -0.25) is 0 Å². The van der Waals surface area contributed by atoms with Crippen molar-refractivity contribution >= 4 is 0 Å². The van der Waals surface area contributed by atoms with Gasteiger partial charge in [-0.1, -0.05) is 13.8 Å². The fourth-order valence-corrected chi connectivity index (χ4v) is 1.68. The van der Waals surface area contributed by atoms with E-state index in [1.54, 1.807) is 0 Å². The third kappa shape index (κ3) is 1.37. The fourth-order valence-electron chi connectivity index (χ4n) is 1.68. The third-order valence-corrected chi connectivity index (χ3v) is 2.38. The molecule has 0 fully saturated rings. The highest BCUT2D eigenvalue weighted by molar-refractivity contribution is 5.49. The third-order valence-electron chi connectivity index (χ3n) is 2.38. The first-order chi connectivity index (χ1) is 6.18. The van der Waals surface area contributed by atoms with Crippen LogP contribution in [0.15, 0.2) is 12.1 Å². The maximum absolute atomic E-state index is 5.32. The summed E-state index contributed by atoms with van der Waals surface area (Å²) < 4.78 is 10.6. The van der Waals surface area contributed by atoms with Crippen molar-refractivity contribution in [1.29, 1.82) is 0 Å². The first kappa shape index (κ1) is 8.42.